The second-order valence-corrected chi connectivity index (χ2v) is 8.42. The molecule has 0 unspecified atom stereocenters. The number of benzene rings is 3. The maximum atomic E-state index is 5.63. The summed E-state index contributed by atoms with van der Waals surface area (Å²) in [5.74, 6) is 0.950. The van der Waals surface area contributed by atoms with Crippen molar-refractivity contribution < 1.29 is 4.74 Å². The molecule has 1 saturated heterocycles. The van der Waals surface area contributed by atoms with E-state index in [9.17, 15) is 0 Å². The predicted octanol–water partition coefficient (Wildman–Crippen LogP) is 4.86. The summed E-state index contributed by atoms with van der Waals surface area (Å²) >= 11 is 0. The molecule has 0 aliphatic carbocycles. The van der Waals surface area contributed by atoms with Gasteiger partial charge in [0.25, 0.3) is 0 Å². The topological polar surface area (TPSA) is 15.7 Å². The number of nitrogens with zero attached hydrogens (tertiary/aromatic N) is 2. The average Bonchev–Trinajstić information content (AvgIpc) is 3.22. The minimum Gasteiger partial charge on any atom is -0.497 e. The number of rotatable bonds is 5. The third-order valence-corrected chi connectivity index (χ3v) is 6.73. The van der Waals surface area contributed by atoms with Gasteiger partial charge in [0.05, 0.1) is 13.3 Å². The highest BCUT2D eigenvalue weighted by Crippen LogP contribution is 2.54. The lowest BCUT2D eigenvalue weighted by Gasteiger charge is -2.37. The number of likely N-dealkylation sites (tertiary alicyclic amines) is 1. The number of likely N-dealkylation sites (N-methyl/N-ethyl adjacent to an activating group) is 1. The van der Waals surface area contributed by atoms with Gasteiger partial charge in [-0.25, -0.2) is 0 Å². The highest BCUT2D eigenvalue weighted by molar-refractivity contribution is 5.67. The number of fused-ring (bicyclic) bond motifs is 3. The van der Waals surface area contributed by atoms with E-state index in [1.165, 1.54) is 22.4 Å². The van der Waals surface area contributed by atoms with Gasteiger partial charge < -0.3 is 9.64 Å². The number of hydrogen-bond acceptors (Lipinski definition) is 3. The second-order valence-electron chi connectivity index (χ2n) is 8.42. The van der Waals surface area contributed by atoms with Crippen LogP contribution in [-0.2, 0) is 18.4 Å². The fraction of sp³-hybridized carbons (Fsp3) is 0.308. The Kier molecular flexibility index (Phi) is 4.56. The molecule has 3 aromatic rings. The van der Waals surface area contributed by atoms with E-state index in [2.05, 4.69) is 95.7 Å². The lowest BCUT2D eigenvalue weighted by Crippen LogP contribution is -2.49. The van der Waals surface area contributed by atoms with Crippen molar-refractivity contribution in [2.45, 2.75) is 31.0 Å². The minimum absolute atomic E-state index is 0.0781. The average molecular weight is 385 g/mol. The molecule has 0 saturated carbocycles. The van der Waals surface area contributed by atoms with Gasteiger partial charge in [-0.3, -0.25) is 4.90 Å². The van der Waals surface area contributed by atoms with Gasteiger partial charge in [-0.1, -0.05) is 60.7 Å². The van der Waals surface area contributed by atoms with Crippen LogP contribution >= 0.6 is 0 Å². The van der Waals surface area contributed by atoms with Gasteiger partial charge in [0.1, 0.15) is 5.75 Å². The summed E-state index contributed by atoms with van der Waals surface area (Å²) in [5.41, 5.74) is 5.62. The maximum Gasteiger partial charge on any atom is 0.119 e. The van der Waals surface area contributed by atoms with Crippen molar-refractivity contribution in [3.05, 3.63) is 95.6 Å². The van der Waals surface area contributed by atoms with Gasteiger partial charge in [-0.2, -0.15) is 0 Å². The van der Waals surface area contributed by atoms with Crippen molar-refractivity contribution in [1.82, 2.24) is 4.90 Å². The number of anilines is 1. The standard InChI is InChI=1S/C26H28N2O/c1-27-16-15-26(18-20-9-5-3-6-10-20)23-17-22(29-2)13-14-24(23)28(25(26)27)19-21-11-7-4-8-12-21/h3-14,17,25H,15-16,18-19H2,1-2H3/t25-,26-/m1/s1. The van der Waals surface area contributed by atoms with Gasteiger partial charge in [0.15, 0.2) is 0 Å². The fourth-order valence-electron chi connectivity index (χ4n) is 5.47. The smallest absolute Gasteiger partial charge is 0.119 e. The molecule has 3 nitrogen and oxygen atoms in total. The van der Waals surface area contributed by atoms with Crippen LogP contribution in [-0.4, -0.2) is 31.8 Å². The van der Waals surface area contributed by atoms with Crippen LogP contribution in [0.1, 0.15) is 23.1 Å². The fourth-order valence-corrected chi connectivity index (χ4v) is 5.47. The van der Waals surface area contributed by atoms with E-state index in [-0.39, 0.29) is 5.41 Å². The predicted molar refractivity (Wildman–Crippen MR) is 118 cm³/mol. The van der Waals surface area contributed by atoms with E-state index in [0.717, 1.165) is 31.7 Å². The molecule has 5 rings (SSSR count). The first-order valence-electron chi connectivity index (χ1n) is 10.4. The Balaban J connectivity index is 1.63. The van der Waals surface area contributed by atoms with Crippen LogP contribution in [0, 0.1) is 0 Å². The first-order valence-corrected chi connectivity index (χ1v) is 10.4. The van der Waals surface area contributed by atoms with E-state index in [4.69, 9.17) is 4.74 Å². The summed E-state index contributed by atoms with van der Waals surface area (Å²) in [6.45, 7) is 2.03. The van der Waals surface area contributed by atoms with Gasteiger partial charge >= 0.3 is 0 Å². The summed E-state index contributed by atoms with van der Waals surface area (Å²) in [6.07, 6.45) is 2.56. The summed E-state index contributed by atoms with van der Waals surface area (Å²) in [6, 6.07) is 28.4. The third kappa shape index (κ3) is 3.01. The number of hydrogen-bond donors (Lipinski definition) is 0. The minimum atomic E-state index is 0.0781. The van der Waals surface area contributed by atoms with Crippen LogP contribution < -0.4 is 9.64 Å². The molecule has 29 heavy (non-hydrogen) atoms. The number of ether oxygens (including phenoxy) is 1. The van der Waals surface area contributed by atoms with Crippen molar-refractivity contribution >= 4 is 5.69 Å². The van der Waals surface area contributed by atoms with Gasteiger partial charge in [-0.05, 0) is 54.8 Å². The van der Waals surface area contributed by atoms with E-state index >= 15 is 0 Å². The van der Waals surface area contributed by atoms with Crippen LogP contribution in [0.25, 0.3) is 0 Å². The SMILES string of the molecule is COc1ccc2c(c1)[C@]1(Cc3ccccc3)CCN(C)[C@@H]1N2Cc1ccccc1. The van der Waals surface area contributed by atoms with Gasteiger partial charge in [-0.15, -0.1) is 0 Å². The van der Waals surface area contributed by atoms with Crippen LogP contribution in [0.2, 0.25) is 0 Å². The van der Waals surface area contributed by atoms with Crippen molar-refractivity contribution in [1.29, 1.82) is 0 Å². The van der Waals surface area contributed by atoms with Crippen LogP contribution in [0.15, 0.2) is 78.9 Å². The van der Waals surface area contributed by atoms with E-state index in [0.29, 0.717) is 6.17 Å². The summed E-state index contributed by atoms with van der Waals surface area (Å²) in [4.78, 5) is 5.15. The van der Waals surface area contributed by atoms with Crippen molar-refractivity contribution in [3.8, 4) is 5.75 Å². The second kappa shape index (κ2) is 7.23. The van der Waals surface area contributed by atoms with Crippen LogP contribution in [0.5, 0.6) is 5.75 Å². The molecule has 2 atom stereocenters. The molecule has 2 aliphatic heterocycles. The van der Waals surface area contributed by atoms with Gasteiger partial charge in [0.2, 0.25) is 0 Å². The summed E-state index contributed by atoms with van der Waals surface area (Å²) < 4.78 is 5.63. The van der Waals surface area contributed by atoms with E-state index in [1.54, 1.807) is 7.11 Å². The zero-order chi connectivity index (χ0) is 19.8. The Morgan fingerprint density at radius 2 is 1.62 bits per heavy atom. The Labute approximate surface area is 173 Å². The molecule has 3 aromatic carbocycles. The molecular formula is C26H28N2O. The molecule has 3 heteroatoms. The van der Waals surface area contributed by atoms with Crippen molar-refractivity contribution in [2.24, 2.45) is 0 Å². The molecule has 0 aromatic heterocycles. The zero-order valence-corrected chi connectivity index (χ0v) is 17.2. The third-order valence-electron chi connectivity index (χ3n) is 6.73. The molecule has 2 heterocycles. The Morgan fingerprint density at radius 3 is 2.31 bits per heavy atom. The molecular weight excluding hydrogens is 356 g/mol. The normalized spacial score (nSPS) is 23.1. The quantitative estimate of drug-likeness (QED) is 0.625. The lowest BCUT2D eigenvalue weighted by molar-refractivity contribution is 0.247. The Morgan fingerprint density at radius 1 is 0.931 bits per heavy atom. The summed E-state index contributed by atoms with van der Waals surface area (Å²) in [5, 5.41) is 0. The zero-order valence-electron chi connectivity index (χ0n) is 17.2. The molecule has 0 radical (unpaired) electrons. The largest absolute Gasteiger partial charge is 0.497 e. The first-order chi connectivity index (χ1) is 14.2. The first kappa shape index (κ1) is 18.3. The molecule has 0 N–H and O–H groups in total. The molecule has 0 amide bonds. The lowest BCUT2D eigenvalue weighted by atomic mass is 9.74. The highest BCUT2D eigenvalue weighted by atomic mass is 16.5. The molecule has 1 fully saturated rings. The molecule has 2 aliphatic rings. The van der Waals surface area contributed by atoms with Crippen molar-refractivity contribution in [2.75, 3.05) is 25.6 Å². The Hall–Kier alpha value is -2.78. The maximum absolute atomic E-state index is 5.63. The molecule has 0 bridgehead atoms. The number of methoxy groups -OCH3 is 1. The monoisotopic (exact) mass is 384 g/mol. The van der Waals surface area contributed by atoms with Gasteiger partial charge in [0, 0.05) is 24.2 Å². The van der Waals surface area contributed by atoms with E-state index < -0.39 is 0 Å². The van der Waals surface area contributed by atoms with Crippen LogP contribution in [0.3, 0.4) is 0 Å². The van der Waals surface area contributed by atoms with E-state index in [1.807, 2.05) is 0 Å². The molecule has 0 spiro atoms. The van der Waals surface area contributed by atoms with Crippen molar-refractivity contribution in [3.63, 3.8) is 0 Å². The summed E-state index contributed by atoms with van der Waals surface area (Å²) in [7, 11) is 4.04. The van der Waals surface area contributed by atoms with Crippen LogP contribution in [0.4, 0.5) is 5.69 Å². The molecule has 148 valence electrons. The highest BCUT2D eigenvalue weighted by Gasteiger charge is 2.56. The Bertz CT molecular complexity index is 988.